The number of nitrogens with zero attached hydrogens (tertiary/aromatic N) is 2. The molecule has 104 valence electrons. The quantitative estimate of drug-likeness (QED) is 0.796. The molecule has 2 atom stereocenters. The van der Waals surface area contributed by atoms with E-state index in [9.17, 15) is 9.90 Å². The van der Waals surface area contributed by atoms with E-state index in [0.29, 0.717) is 11.7 Å². The molecule has 1 fully saturated rings. The number of carbonyl (C=O) groups is 1. The highest BCUT2D eigenvalue weighted by Gasteiger charge is 2.20. The van der Waals surface area contributed by atoms with Crippen LogP contribution in [-0.2, 0) is 4.74 Å². The van der Waals surface area contributed by atoms with Gasteiger partial charge in [0.25, 0.3) is 0 Å². The molecule has 1 heterocycles. The lowest BCUT2D eigenvalue weighted by Gasteiger charge is -2.26. The van der Waals surface area contributed by atoms with Gasteiger partial charge in [0.15, 0.2) is 0 Å². The largest absolute Gasteiger partial charge is 0.463 e. The Balaban J connectivity index is 1.90. The van der Waals surface area contributed by atoms with Crippen LogP contribution in [0, 0.1) is 5.92 Å². The molecule has 0 aromatic carbocycles. The smallest absolute Gasteiger partial charge is 0.376 e. The SMILES string of the molecule is COC(=O)c1nccc(NCC2CCCC(O)C2)n1. The van der Waals surface area contributed by atoms with E-state index in [2.05, 4.69) is 20.0 Å². The number of carbonyl (C=O) groups excluding carboxylic acids is 1. The summed E-state index contributed by atoms with van der Waals surface area (Å²) in [6, 6.07) is 1.71. The number of nitrogens with one attached hydrogen (secondary N) is 1. The van der Waals surface area contributed by atoms with Crippen molar-refractivity contribution < 1.29 is 14.6 Å². The van der Waals surface area contributed by atoms with Crippen molar-refractivity contribution in [2.24, 2.45) is 5.92 Å². The summed E-state index contributed by atoms with van der Waals surface area (Å²) in [6.45, 7) is 0.745. The molecule has 0 saturated heterocycles. The third kappa shape index (κ3) is 3.89. The number of methoxy groups -OCH3 is 1. The van der Waals surface area contributed by atoms with E-state index in [1.54, 1.807) is 6.07 Å². The van der Waals surface area contributed by atoms with Crippen molar-refractivity contribution >= 4 is 11.8 Å². The number of ether oxygens (including phenoxy) is 1. The molecule has 2 rings (SSSR count). The molecule has 1 aromatic rings. The number of aliphatic hydroxyl groups is 1. The van der Waals surface area contributed by atoms with Gasteiger partial charge in [0.2, 0.25) is 5.82 Å². The summed E-state index contributed by atoms with van der Waals surface area (Å²) in [6.07, 6.45) is 5.23. The second-order valence-corrected chi connectivity index (χ2v) is 4.82. The van der Waals surface area contributed by atoms with Crippen LogP contribution in [0.15, 0.2) is 12.3 Å². The lowest BCUT2D eigenvalue weighted by molar-refractivity contribution is 0.0587. The van der Waals surface area contributed by atoms with E-state index < -0.39 is 5.97 Å². The van der Waals surface area contributed by atoms with Gasteiger partial charge in [-0.3, -0.25) is 0 Å². The van der Waals surface area contributed by atoms with E-state index in [1.807, 2.05) is 0 Å². The van der Waals surface area contributed by atoms with Crippen LogP contribution >= 0.6 is 0 Å². The van der Waals surface area contributed by atoms with E-state index >= 15 is 0 Å². The molecule has 1 aliphatic carbocycles. The first kappa shape index (κ1) is 13.7. The summed E-state index contributed by atoms with van der Waals surface area (Å²) in [5.41, 5.74) is 0. The lowest BCUT2D eigenvalue weighted by Crippen LogP contribution is -2.25. The number of esters is 1. The van der Waals surface area contributed by atoms with Crippen LogP contribution < -0.4 is 5.32 Å². The van der Waals surface area contributed by atoms with E-state index in [-0.39, 0.29) is 11.9 Å². The molecule has 1 aliphatic rings. The highest BCUT2D eigenvalue weighted by Crippen LogP contribution is 2.24. The third-order valence-corrected chi connectivity index (χ3v) is 3.35. The molecule has 0 bridgehead atoms. The van der Waals surface area contributed by atoms with Crippen molar-refractivity contribution in [3.63, 3.8) is 0 Å². The van der Waals surface area contributed by atoms with Crippen LogP contribution in [0.5, 0.6) is 0 Å². The minimum atomic E-state index is -0.545. The molecule has 6 heteroatoms. The molecule has 0 radical (unpaired) electrons. The molecule has 0 spiro atoms. The zero-order valence-electron chi connectivity index (χ0n) is 11.0. The van der Waals surface area contributed by atoms with Gasteiger partial charge in [-0.2, -0.15) is 0 Å². The fraction of sp³-hybridized carbons (Fsp3) is 0.615. The van der Waals surface area contributed by atoms with E-state index in [1.165, 1.54) is 13.3 Å². The molecule has 19 heavy (non-hydrogen) atoms. The summed E-state index contributed by atoms with van der Waals surface area (Å²) in [7, 11) is 1.30. The van der Waals surface area contributed by atoms with Crippen molar-refractivity contribution in [3.05, 3.63) is 18.1 Å². The van der Waals surface area contributed by atoms with E-state index in [0.717, 1.165) is 32.2 Å². The maximum absolute atomic E-state index is 11.3. The van der Waals surface area contributed by atoms with Gasteiger partial charge in [0, 0.05) is 12.7 Å². The highest BCUT2D eigenvalue weighted by molar-refractivity contribution is 5.85. The average molecular weight is 265 g/mol. The summed E-state index contributed by atoms with van der Waals surface area (Å²) in [5.74, 6) is 0.559. The lowest BCUT2D eigenvalue weighted by atomic mass is 9.87. The van der Waals surface area contributed by atoms with Crippen molar-refractivity contribution in [2.75, 3.05) is 19.0 Å². The fourth-order valence-corrected chi connectivity index (χ4v) is 2.34. The second-order valence-electron chi connectivity index (χ2n) is 4.82. The maximum atomic E-state index is 11.3. The highest BCUT2D eigenvalue weighted by atomic mass is 16.5. The van der Waals surface area contributed by atoms with Crippen molar-refractivity contribution in [1.82, 2.24) is 9.97 Å². The average Bonchev–Trinajstić information content (AvgIpc) is 2.45. The number of hydrogen-bond donors (Lipinski definition) is 2. The molecular formula is C13H19N3O3. The monoisotopic (exact) mass is 265 g/mol. The number of aliphatic hydroxyl groups excluding tert-OH is 1. The standard InChI is InChI=1S/C13H19N3O3/c1-19-13(18)12-14-6-5-11(16-12)15-8-9-3-2-4-10(17)7-9/h5-6,9-10,17H,2-4,7-8H2,1H3,(H,14,15,16). The molecule has 0 amide bonds. The van der Waals surface area contributed by atoms with Crippen molar-refractivity contribution in [3.8, 4) is 0 Å². The zero-order valence-corrected chi connectivity index (χ0v) is 11.0. The number of rotatable bonds is 4. The Kier molecular flexibility index (Phi) is 4.68. The molecule has 1 saturated carbocycles. The van der Waals surface area contributed by atoms with Gasteiger partial charge in [-0.05, 0) is 31.2 Å². The van der Waals surface area contributed by atoms with E-state index in [4.69, 9.17) is 0 Å². The van der Waals surface area contributed by atoms with Crippen LogP contribution in [0.2, 0.25) is 0 Å². The topological polar surface area (TPSA) is 84.3 Å². The molecule has 2 N–H and O–H groups in total. The molecular weight excluding hydrogens is 246 g/mol. The first-order valence-corrected chi connectivity index (χ1v) is 6.52. The van der Waals surface area contributed by atoms with Gasteiger partial charge >= 0.3 is 5.97 Å². The minimum absolute atomic E-state index is 0.0520. The maximum Gasteiger partial charge on any atom is 0.376 e. The minimum Gasteiger partial charge on any atom is -0.463 e. The molecule has 2 unspecified atom stereocenters. The summed E-state index contributed by atoms with van der Waals surface area (Å²) in [5, 5.41) is 12.8. The normalized spacial score (nSPS) is 22.8. The molecule has 1 aromatic heterocycles. The number of anilines is 1. The zero-order chi connectivity index (χ0) is 13.7. The fourth-order valence-electron chi connectivity index (χ4n) is 2.34. The predicted octanol–water partition coefficient (Wildman–Crippen LogP) is 1.23. The Bertz CT molecular complexity index is 439. The first-order chi connectivity index (χ1) is 9.19. The van der Waals surface area contributed by atoms with Gasteiger partial charge in [-0.15, -0.1) is 0 Å². The van der Waals surface area contributed by atoms with Crippen LogP contribution in [0.25, 0.3) is 0 Å². The Morgan fingerprint density at radius 2 is 2.42 bits per heavy atom. The summed E-state index contributed by atoms with van der Waals surface area (Å²) in [4.78, 5) is 19.2. The Morgan fingerprint density at radius 1 is 1.58 bits per heavy atom. The predicted molar refractivity (Wildman–Crippen MR) is 69.8 cm³/mol. The summed E-state index contributed by atoms with van der Waals surface area (Å²) >= 11 is 0. The van der Waals surface area contributed by atoms with Gasteiger partial charge in [-0.1, -0.05) is 6.42 Å². The number of hydrogen-bond acceptors (Lipinski definition) is 6. The van der Waals surface area contributed by atoms with Crippen LogP contribution in [0.4, 0.5) is 5.82 Å². The summed E-state index contributed by atoms with van der Waals surface area (Å²) < 4.78 is 4.58. The molecule has 6 nitrogen and oxygen atoms in total. The first-order valence-electron chi connectivity index (χ1n) is 6.52. The second kappa shape index (κ2) is 6.47. The Hall–Kier alpha value is -1.69. The van der Waals surface area contributed by atoms with Gasteiger partial charge in [-0.25, -0.2) is 14.8 Å². The van der Waals surface area contributed by atoms with Crippen LogP contribution in [0.1, 0.15) is 36.3 Å². The van der Waals surface area contributed by atoms with Gasteiger partial charge < -0.3 is 15.2 Å². The van der Waals surface area contributed by atoms with Crippen molar-refractivity contribution in [1.29, 1.82) is 0 Å². The third-order valence-electron chi connectivity index (χ3n) is 3.35. The van der Waals surface area contributed by atoms with Crippen LogP contribution in [0.3, 0.4) is 0 Å². The Labute approximate surface area is 112 Å². The Morgan fingerprint density at radius 3 is 3.16 bits per heavy atom. The van der Waals surface area contributed by atoms with Crippen LogP contribution in [-0.4, -0.2) is 40.8 Å². The van der Waals surface area contributed by atoms with Crippen molar-refractivity contribution in [2.45, 2.75) is 31.8 Å². The molecule has 0 aliphatic heterocycles. The van der Waals surface area contributed by atoms with Gasteiger partial charge in [0.05, 0.1) is 13.2 Å². The number of aromatic nitrogens is 2. The van der Waals surface area contributed by atoms with Gasteiger partial charge in [0.1, 0.15) is 5.82 Å².